The van der Waals surface area contributed by atoms with Gasteiger partial charge in [-0.2, -0.15) is 0 Å². The van der Waals surface area contributed by atoms with Crippen molar-refractivity contribution in [2.24, 2.45) is 0 Å². The van der Waals surface area contributed by atoms with Gasteiger partial charge in [0.25, 0.3) is 0 Å². The van der Waals surface area contributed by atoms with Crippen LogP contribution in [0.3, 0.4) is 0 Å². The molecular formula is C11H11N5O. The van der Waals surface area contributed by atoms with Crippen molar-refractivity contribution in [1.29, 1.82) is 0 Å². The molecule has 6 nitrogen and oxygen atoms in total. The molecule has 6 heteroatoms. The average Bonchev–Trinajstić information content (AvgIpc) is 2.39. The zero-order valence-corrected chi connectivity index (χ0v) is 9.00. The molecule has 1 amide bonds. The van der Waals surface area contributed by atoms with E-state index < -0.39 is 0 Å². The van der Waals surface area contributed by atoms with Crippen LogP contribution in [0.5, 0.6) is 0 Å². The maximum atomic E-state index is 11.5. The first-order valence-electron chi connectivity index (χ1n) is 5.06. The maximum Gasteiger partial charge on any atom is 0.244 e. The molecule has 2 heterocycles. The lowest BCUT2D eigenvalue weighted by molar-refractivity contribution is -0.114. The van der Waals surface area contributed by atoms with Crippen molar-refractivity contribution in [1.82, 2.24) is 15.0 Å². The lowest BCUT2D eigenvalue weighted by Crippen LogP contribution is -2.22. The van der Waals surface area contributed by atoms with Gasteiger partial charge in [0, 0.05) is 18.6 Å². The van der Waals surface area contributed by atoms with Gasteiger partial charge in [-0.15, -0.1) is 0 Å². The summed E-state index contributed by atoms with van der Waals surface area (Å²) in [7, 11) is 0. The number of pyridine rings is 1. The Morgan fingerprint density at radius 1 is 1.06 bits per heavy atom. The first-order valence-corrected chi connectivity index (χ1v) is 5.06. The number of aromatic nitrogens is 3. The van der Waals surface area contributed by atoms with E-state index in [0.29, 0.717) is 11.8 Å². The van der Waals surface area contributed by atoms with Gasteiger partial charge in [0.15, 0.2) is 0 Å². The van der Waals surface area contributed by atoms with E-state index in [1.54, 1.807) is 42.9 Å². The molecule has 0 aliphatic rings. The van der Waals surface area contributed by atoms with Gasteiger partial charge in [0.05, 0.1) is 6.54 Å². The third-order valence-corrected chi connectivity index (χ3v) is 1.91. The lowest BCUT2D eigenvalue weighted by atomic mass is 10.4. The molecule has 0 fully saturated rings. The number of rotatable bonds is 4. The third-order valence-electron chi connectivity index (χ3n) is 1.91. The number of hydrogen-bond donors (Lipinski definition) is 2. The van der Waals surface area contributed by atoms with Crippen molar-refractivity contribution < 1.29 is 4.79 Å². The Morgan fingerprint density at radius 2 is 1.82 bits per heavy atom. The van der Waals surface area contributed by atoms with Crippen LogP contribution in [0.2, 0.25) is 0 Å². The van der Waals surface area contributed by atoms with E-state index in [1.807, 2.05) is 0 Å². The van der Waals surface area contributed by atoms with Gasteiger partial charge in [-0.05, 0) is 18.2 Å². The predicted octanol–water partition coefficient (Wildman–Crippen LogP) is 0.922. The van der Waals surface area contributed by atoms with Crippen LogP contribution in [0.15, 0.2) is 42.9 Å². The highest BCUT2D eigenvalue weighted by Crippen LogP contribution is 1.99. The Labute approximate surface area is 98.1 Å². The molecule has 2 aromatic rings. The highest BCUT2D eigenvalue weighted by molar-refractivity contribution is 5.92. The van der Waals surface area contributed by atoms with Gasteiger partial charge in [0.1, 0.15) is 5.82 Å². The molecule has 17 heavy (non-hydrogen) atoms. The Kier molecular flexibility index (Phi) is 3.59. The fourth-order valence-corrected chi connectivity index (χ4v) is 1.17. The fourth-order valence-electron chi connectivity index (χ4n) is 1.17. The van der Waals surface area contributed by atoms with Crippen LogP contribution in [0.4, 0.5) is 11.8 Å². The van der Waals surface area contributed by atoms with E-state index in [-0.39, 0.29) is 12.5 Å². The molecule has 2 N–H and O–H groups in total. The quantitative estimate of drug-likeness (QED) is 0.815. The first-order chi connectivity index (χ1) is 8.34. The van der Waals surface area contributed by atoms with Gasteiger partial charge in [-0.3, -0.25) is 4.79 Å². The van der Waals surface area contributed by atoms with Crippen LogP contribution < -0.4 is 10.6 Å². The molecule has 2 rings (SSSR count). The summed E-state index contributed by atoms with van der Waals surface area (Å²) in [5.74, 6) is 0.744. The molecular weight excluding hydrogens is 218 g/mol. The molecule has 0 bridgehead atoms. The maximum absolute atomic E-state index is 11.5. The molecule has 0 aromatic carbocycles. The monoisotopic (exact) mass is 229 g/mol. The fraction of sp³-hybridized carbons (Fsp3) is 0.0909. The lowest BCUT2D eigenvalue weighted by Gasteiger charge is -2.05. The third kappa shape index (κ3) is 3.53. The summed E-state index contributed by atoms with van der Waals surface area (Å²) in [4.78, 5) is 23.4. The molecule has 86 valence electrons. The summed E-state index contributed by atoms with van der Waals surface area (Å²) in [6.45, 7) is 0.0978. The van der Waals surface area contributed by atoms with E-state index in [4.69, 9.17) is 0 Å². The van der Waals surface area contributed by atoms with Gasteiger partial charge in [-0.1, -0.05) is 6.07 Å². The molecule has 2 aromatic heterocycles. The summed E-state index contributed by atoms with van der Waals surface area (Å²) in [5.41, 5.74) is 0. The second-order valence-corrected chi connectivity index (χ2v) is 3.19. The number of nitrogens with zero attached hydrogens (tertiary/aromatic N) is 3. The van der Waals surface area contributed by atoms with Crippen molar-refractivity contribution in [2.75, 3.05) is 17.2 Å². The zero-order valence-electron chi connectivity index (χ0n) is 9.00. The molecule has 0 atom stereocenters. The number of carbonyl (C=O) groups is 1. The van der Waals surface area contributed by atoms with E-state index in [1.165, 1.54) is 0 Å². The van der Waals surface area contributed by atoms with E-state index in [9.17, 15) is 4.79 Å². The summed E-state index contributed by atoms with van der Waals surface area (Å²) in [6.07, 6.45) is 4.82. The number of carbonyl (C=O) groups excluding carboxylic acids is 1. The normalized spacial score (nSPS) is 9.65. The second-order valence-electron chi connectivity index (χ2n) is 3.19. The summed E-state index contributed by atoms with van der Waals surface area (Å²) >= 11 is 0. The van der Waals surface area contributed by atoms with E-state index in [0.717, 1.165) is 0 Å². The van der Waals surface area contributed by atoms with Crippen LogP contribution >= 0.6 is 0 Å². The van der Waals surface area contributed by atoms with Crippen LogP contribution in [-0.2, 0) is 4.79 Å². The molecule has 0 aliphatic heterocycles. The second kappa shape index (κ2) is 5.55. The first kappa shape index (κ1) is 11.0. The molecule has 0 spiro atoms. The molecule has 0 radical (unpaired) electrons. The largest absolute Gasteiger partial charge is 0.345 e. The van der Waals surface area contributed by atoms with Crippen molar-refractivity contribution in [2.45, 2.75) is 0 Å². The highest BCUT2D eigenvalue weighted by atomic mass is 16.2. The summed E-state index contributed by atoms with van der Waals surface area (Å²) in [5, 5.41) is 5.45. The van der Waals surface area contributed by atoms with Gasteiger partial charge >= 0.3 is 0 Å². The Bertz CT molecular complexity index is 474. The molecule has 0 saturated carbocycles. The molecule has 0 saturated heterocycles. The van der Waals surface area contributed by atoms with Crippen LogP contribution in [0.25, 0.3) is 0 Å². The Hall–Kier alpha value is -2.50. The summed E-state index contributed by atoms with van der Waals surface area (Å²) in [6, 6.07) is 7.01. The van der Waals surface area contributed by atoms with Crippen molar-refractivity contribution in [3.8, 4) is 0 Å². The SMILES string of the molecule is O=C(CNc1ncccn1)Nc1ccccn1. The molecule has 0 aliphatic carbocycles. The standard InChI is InChI=1S/C11H11N5O/c17-10(16-9-4-1-2-5-12-9)8-15-11-13-6-3-7-14-11/h1-7H,8H2,(H,12,16,17)(H,13,14,15). The Balaban J connectivity index is 1.83. The minimum absolute atomic E-state index is 0.0978. The van der Waals surface area contributed by atoms with E-state index >= 15 is 0 Å². The smallest absolute Gasteiger partial charge is 0.244 e. The zero-order chi connectivity index (χ0) is 11.9. The van der Waals surface area contributed by atoms with Crippen LogP contribution in [0, 0.1) is 0 Å². The van der Waals surface area contributed by atoms with Crippen LogP contribution in [-0.4, -0.2) is 27.4 Å². The van der Waals surface area contributed by atoms with Crippen LogP contribution in [0.1, 0.15) is 0 Å². The topological polar surface area (TPSA) is 79.8 Å². The predicted molar refractivity (Wildman–Crippen MR) is 63.4 cm³/mol. The number of amides is 1. The van der Waals surface area contributed by atoms with Crippen molar-refractivity contribution >= 4 is 17.7 Å². The van der Waals surface area contributed by atoms with Crippen molar-refractivity contribution in [3.63, 3.8) is 0 Å². The number of nitrogens with one attached hydrogen (secondary N) is 2. The Morgan fingerprint density at radius 3 is 2.53 bits per heavy atom. The van der Waals surface area contributed by atoms with E-state index in [2.05, 4.69) is 25.6 Å². The number of hydrogen-bond acceptors (Lipinski definition) is 5. The summed E-state index contributed by atoms with van der Waals surface area (Å²) < 4.78 is 0. The minimum Gasteiger partial charge on any atom is -0.345 e. The molecule has 0 unspecified atom stereocenters. The minimum atomic E-state index is -0.198. The van der Waals surface area contributed by atoms with Gasteiger partial charge in [0.2, 0.25) is 11.9 Å². The highest BCUT2D eigenvalue weighted by Gasteiger charge is 2.02. The van der Waals surface area contributed by atoms with Crippen molar-refractivity contribution in [3.05, 3.63) is 42.9 Å². The van der Waals surface area contributed by atoms with Gasteiger partial charge < -0.3 is 10.6 Å². The average molecular weight is 229 g/mol. The van der Waals surface area contributed by atoms with Gasteiger partial charge in [-0.25, -0.2) is 15.0 Å². The number of anilines is 2.